The quantitative estimate of drug-likeness (QED) is 0.903. The van der Waals surface area contributed by atoms with Crippen LogP contribution in [0.4, 0.5) is 20.2 Å². The fraction of sp³-hybridized carbons (Fsp3) is 0.111. The minimum Gasteiger partial charge on any atom is -0.435 e. The summed E-state index contributed by atoms with van der Waals surface area (Å²) in [6.45, 7) is -2.84. The Morgan fingerprint density at radius 1 is 1.08 bits per heavy atom. The van der Waals surface area contributed by atoms with Gasteiger partial charge in [-0.05, 0) is 35.9 Å². The SMILES string of the molecule is O=C1CC(C=Cc2ccc(OC(F)F)cc2)=Nc2ccccc2N1. The summed E-state index contributed by atoms with van der Waals surface area (Å²) in [5, 5.41) is 2.80. The summed E-state index contributed by atoms with van der Waals surface area (Å²) in [6, 6.07) is 13.5. The predicted molar refractivity (Wildman–Crippen MR) is 88.9 cm³/mol. The average Bonchev–Trinajstić information content (AvgIpc) is 2.71. The van der Waals surface area contributed by atoms with Crippen LogP contribution in [0.2, 0.25) is 0 Å². The van der Waals surface area contributed by atoms with E-state index in [1.165, 1.54) is 12.1 Å². The highest BCUT2D eigenvalue weighted by molar-refractivity contribution is 6.15. The number of amides is 1. The van der Waals surface area contributed by atoms with Gasteiger partial charge in [0, 0.05) is 0 Å². The number of alkyl halides is 2. The number of anilines is 1. The third-order valence-corrected chi connectivity index (χ3v) is 3.36. The van der Waals surface area contributed by atoms with Crippen LogP contribution in [0.3, 0.4) is 0 Å². The lowest BCUT2D eigenvalue weighted by molar-refractivity contribution is -0.115. The molecule has 2 aromatic carbocycles. The molecule has 6 heteroatoms. The van der Waals surface area contributed by atoms with Crippen LogP contribution in [0.25, 0.3) is 6.08 Å². The number of aliphatic imine (C=N–C) groups is 1. The molecule has 0 radical (unpaired) electrons. The molecule has 1 heterocycles. The number of benzene rings is 2. The van der Waals surface area contributed by atoms with E-state index in [1.54, 1.807) is 30.4 Å². The van der Waals surface area contributed by atoms with E-state index in [0.29, 0.717) is 17.1 Å². The Labute approximate surface area is 137 Å². The summed E-state index contributed by atoms with van der Waals surface area (Å²) in [6.07, 6.45) is 3.68. The topological polar surface area (TPSA) is 50.7 Å². The first-order valence-electron chi connectivity index (χ1n) is 7.29. The zero-order valence-electron chi connectivity index (χ0n) is 12.6. The highest BCUT2D eigenvalue weighted by Gasteiger charge is 2.13. The minimum atomic E-state index is -2.84. The Morgan fingerprint density at radius 3 is 2.58 bits per heavy atom. The van der Waals surface area contributed by atoms with Crippen LogP contribution in [-0.2, 0) is 4.79 Å². The van der Waals surface area contributed by atoms with Crippen molar-refractivity contribution in [2.45, 2.75) is 13.0 Å². The molecule has 0 saturated carbocycles. The van der Waals surface area contributed by atoms with E-state index in [-0.39, 0.29) is 18.1 Å². The van der Waals surface area contributed by atoms with Gasteiger partial charge in [-0.2, -0.15) is 8.78 Å². The average molecular weight is 328 g/mol. The van der Waals surface area contributed by atoms with Gasteiger partial charge in [-0.15, -0.1) is 0 Å². The Bertz CT molecular complexity index is 799. The van der Waals surface area contributed by atoms with Crippen LogP contribution in [0.1, 0.15) is 12.0 Å². The molecule has 0 aromatic heterocycles. The first-order chi connectivity index (χ1) is 11.6. The maximum atomic E-state index is 12.1. The number of para-hydroxylation sites is 2. The first kappa shape index (κ1) is 15.9. The van der Waals surface area contributed by atoms with Gasteiger partial charge in [-0.1, -0.05) is 30.3 Å². The maximum absolute atomic E-state index is 12.1. The molecule has 1 aliphatic heterocycles. The summed E-state index contributed by atoms with van der Waals surface area (Å²) in [7, 11) is 0. The number of hydrogen-bond acceptors (Lipinski definition) is 3. The molecule has 0 aliphatic carbocycles. The fourth-order valence-electron chi connectivity index (χ4n) is 2.28. The highest BCUT2D eigenvalue weighted by Crippen LogP contribution is 2.27. The van der Waals surface area contributed by atoms with Gasteiger partial charge in [-0.3, -0.25) is 9.79 Å². The Balaban J connectivity index is 1.78. The zero-order chi connectivity index (χ0) is 16.9. The van der Waals surface area contributed by atoms with Gasteiger partial charge in [0.2, 0.25) is 5.91 Å². The number of rotatable bonds is 4. The number of hydrogen-bond donors (Lipinski definition) is 1. The number of nitrogens with zero attached hydrogens (tertiary/aromatic N) is 1. The fourth-order valence-corrected chi connectivity index (χ4v) is 2.28. The number of ether oxygens (including phenoxy) is 1. The van der Waals surface area contributed by atoms with Crippen LogP contribution < -0.4 is 10.1 Å². The van der Waals surface area contributed by atoms with Crippen LogP contribution in [0, 0.1) is 0 Å². The molecule has 0 bridgehead atoms. The number of carbonyl (C=O) groups excluding carboxylic acids is 1. The van der Waals surface area contributed by atoms with Crippen LogP contribution in [-0.4, -0.2) is 18.2 Å². The van der Waals surface area contributed by atoms with Gasteiger partial charge in [0.1, 0.15) is 5.75 Å². The molecular formula is C18H14F2N2O2. The molecular weight excluding hydrogens is 314 g/mol. The van der Waals surface area contributed by atoms with Crippen molar-refractivity contribution in [3.05, 3.63) is 60.2 Å². The molecule has 0 atom stereocenters. The molecule has 3 rings (SSSR count). The number of nitrogens with one attached hydrogen (secondary N) is 1. The van der Waals surface area contributed by atoms with Crippen molar-refractivity contribution in [3.63, 3.8) is 0 Å². The molecule has 1 N–H and O–H groups in total. The monoisotopic (exact) mass is 328 g/mol. The summed E-state index contributed by atoms with van der Waals surface area (Å²) >= 11 is 0. The van der Waals surface area contributed by atoms with E-state index in [2.05, 4.69) is 15.0 Å². The number of halogens is 2. The molecule has 0 fully saturated rings. The lowest BCUT2D eigenvalue weighted by Crippen LogP contribution is -2.13. The van der Waals surface area contributed by atoms with Crippen LogP contribution in [0.15, 0.2) is 59.6 Å². The lowest BCUT2D eigenvalue weighted by Gasteiger charge is -2.03. The molecule has 0 spiro atoms. The molecule has 1 aliphatic rings. The van der Waals surface area contributed by atoms with E-state index in [0.717, 1.165) is 5.56 Å². The van der Waals surface area contributed by atoms with Gasteiger partial charge < -0.3 is 10.1 Å². The van der Waals surface area contributed by atoms with Crippen molar-refractivity contribution in [3.8, 4) is 5.75 Å². The van der Waals surface area contributed by atoms with Crippen LogP contribution >= 0.6 is 0 Å². The van der Waals surface area contributed by atoms with Crippen molar-refractivity contribution in [1.29, 1.82) is 0 Å². The van der Waals surface area contributed by atoms with E-state index in [4.69, 9.17) is 0 Å². The third-order valence-electron chi connectivity index (χ3n) is 3.36. The van der Waals surface area contributed by atoms with Gasteiger partial charge in [0.15, 0.2) is 0 Å². The van der Waals surface area contributed by atoms with Gasteiger partial charge in [-0.25, -0.2) is 0 Å². The molecule has 0 saturated heterocycles. The van der Waals surface area contributed by atoms with Crippen molar-refractivity contribution >= 4 is 29.1 Å². The van der Waals surface area contributed by atoms with E-state index < -0.39 is 6.61 Å². The molecule has 122 valence electrons. The number of allylic oxidation sites excluding steroid dienone is 1. The van der Waals surface area contributed by atoms with Gasteiger partial charge in [0.05, 0.1) is 23.5 Å². The minimum absolute atomic E-state index is 0.0993. The first-order valence-corrected chi connectivity index (χ1v) is 7.29. The molecule has 0 unspecified atom stereocenters. The third kappa shape index (κ3) is 4.04. The molecule has 1 amide bonds. The summed E-state index contributed by atoms with van der Waals surface area (Å²) in [5.41, 5.74) is 2.78. The molecule has 4 nitrogen and oxygen atoms in total. The summed E-state index contributed by atoms with van der Waals surface area (Å²) in [5.74, 6) is -0.0358. The Kier molecular flexibility index (Phi) is 4.65. The van der Waals surface area contributed by atoms with E-state index in [9.17, 15) is 13.6 Å². The van der Waals surface area contributed by atoms with Crippen molar-refractivity contribution < 1.29 is 18.3 Å². The normalized spacial score (nSPS) is 14.1. The maximum Gasteiger partial charge on any atom is 0.387 e. The van der Waals surface area contributed by atoms with Crippen molar-refractivity contribution in [2.24, 2.45) is 4.99 Å². The van der Waals surface area contributed by atoms with Gasteiger partial charge in [0.25, 0.3) is 0 Å². The second-order valence-electron chi connectivity index (χ2n) is 5.13. The van der Waals surface area contributed by atoms with Gasteiger partial charge >= 0.3 is 6.61 Å². The predicted octanol–water partition coefficient (Wildman–Crippen LogP) is 4.42. The molecule has 2 aromatic rings. The number of carbonyl (C=O) groups is 1. The largest absolute Gasteiger partial charge is 0.435 e. The van der Waals surface area contributed by atoms with Crippen LogP contribution in [0.5, 0.6) is 5.75 Å². The standard InChI is InChI=1S/C18H14F2N2O2/c19-18(20)24-14-9-6-12(7-10-14)5-8-13-11-17(23)22-16-4-2-1-3-15(16)21-13/h1-10,18H,11H2,(H,22,23). The molecule has 24 heavy (non-hydrogen) atoms. The van der Waals surface area contributed by atoms with Crippen molar-refractivity contribution in [1.82, 2.24) is 0 Å². The lowest BCUT2D eigenvalue weighted by atomic mass is 10.1. The summed E-state index contributed by atoms with van der Waals surface area (Å²) in [4.78, 5) is 16.4. The number of fused-ring (bicyclic) bond motifs is 1. The second-order valence-corrected chi connectivity index (χ2v) is 5.13. The zero-order valence-corrected chi connectivity index (χ0v) is 12.6. The van der Waals surface area contributed by atoms with E-state index in [1.807, 2.05) is 18.2 Å². The Hall–Kier alpha value is -3.02. The highest BCUT2D eigenvalue weighted by atomic mass is 19.3. The second kappa shape index (κ2) is 7.04. The smallest absolute Gasteiger partial charge is 0.387 e. The van der Waals surface area contributed by atoms with Crippen molar-refractivity contribution in [2.75, 3.05) is 5.32 Å². The van der Waals surface area contributed by atoms with E-state index >= 15 is 0 Å². The summed E-state index contributed by atoms with van der Waals surface area (Å²) < 4.78 is 28.5. The Morgan fingerprint density at radius 2 is 1.83 bits per heavy atom.